The van der Waals surface area contributed by atoms with Gasteiger partial charge in [0.1, 0.15) is 5.00 Å². The summed E-state index contributed by atoms with van der Waals surface area (Å²) < 4.78 is 5.22. The quantitative estimate of drug-likeness (QED) is 0.673. The number of esters is 1. The van der Waals surface area contributed by atoms with E-state index in [0.29, 0.717) is 16.5 Å². The van der Waals surface area contributed by atoms with Gasteiger partial charge in [-0.05, 0) is 49.5 Å². The van der Waals surface area contributed by atoms with E-state index < -0.39 is 11.9 Å². The number of carboxylic acid groups (broad SMARTS) is 1. The topological polar surface area (TPSA) is 92.7 Å². The first kappa shape index (κ1) is 21.4. The molecule has 2 N–H and O–H groups in total. The zero-order valence-corrected chi connectivity index (χ0v) is 17.3. The number of amides is 1. The van der Waals surface area contributed by atoms with Gasteiger partial charge in [0.2, 0.25) is 5.91 Å². The van der Waals surface area contributed by atoms with Crippen LogP contribution in [-0.2, 0) is 27.2 Å². The largest absolute Gasteiger partial charge is 0.481 e. The van der Waals surface area contributed by atoms with Crippen molar-refractivity contribution in [2.24, 2.45) is 11.3 Å². The third-order valence-corrected chi connectivity index (χ3v) is 6.19. The Morgan fingerprint density at radius 2 is 1.96 bits per heavy atom. The molecule has 0 radical (unpaired) electrons. The number of nitrogens with one attached hydrogen (secondary N) is 1. The molecule has 150 valence electrons. The third-order valence-electron chi connectivity index (χ3n) is 5.02. The second kappa shape index (κ2) is 8.87. The highest BCUT2D eigenvalue weighted by molar-refractivity contribution is 7.17. The second-order valence-corrected chi connectivity index (χ2v) is 9.13. The summed E-state index contributed by atoms with van der Waals surface area (Å²) in [6.45, 7) is 8.73. The Bertz CT molecular complexity index is 717. The highest BCUT2D eigenvalue weighted by Gasteiger charge is 2.34. The average molecular weight is 396 g/mol. The lowest BCUT2D eigenvalue weighted by molar-refractivity contribution is -0.137. The van der Waals surface area contributed by atoms with E-state index in [-0.39, 0.29) is 37.2 Å². The van der Waals surface area contributed by atoms with E-state index in [9.17, 15) is 14.4 Å². The lowest BCUT2D eigenvalue weighted by Crippen LogP contribution is -2.26. The summed E-state index contributed by atoms with van der Waals surface area (Å²) >= 11 is 1.45. The average Bonchev–Trinajstić information content (AvgIpc) is 2.90. The van der Waals surface area contributed by atoms with E-state index in [1.165, 1.54) is 11.3 Å². The Kier molecular flexibility index (Phi) is 7.03. The fourth-order valence-corrected chi connectivity index (χ4v) is 4.75. The number of thiophene rings is 1. The molecule has 1 aliphatic rings. The van der Waals surface area contributed by atoms with Gasteiger partial charge in [-0.25, -0.2) is 4.79 Å². The Hall–Kier alpha value is -1.89. The van der Waals surface area contributed by atoms with Crippen LogP contribution in [0.15, 0.2) is 0 Å². The molecule has 0 unspecified atom stereocenters. The van der Waals surface area contributed by atoms with Crippen molar-refractivity contribution in [3.05, 3.63) is 16.0 Å². The molecular formula is C20H29NO5S. The maximum atomic E-state index is 12.5. The zero-order valence-electron chi connectivity index (χ0n) is 16.5. The first-order valence-corrected chi connectivity index (χ1v) is 10.3. The lowest BCUT2D eigenvalue weighted by Gasteiger charge is -2.33. The van der Waals surface area contributed by atoms with E-state index in [4.69, 9.17) is 9.84 Å². The van der Waals surface area contributed by atoms with Gasteiger partial charge in [-0.3, -0.25) is 9.59 Å². The monoisotopic (exact) mass is 395 g/mol. The van der Waals surface area contributed by atoms with Gasteiger partial charge in [0, 0.05) is 17.7 Å². The maximum Gasteiger partial charge on any atom is 0.341 e. The molecule has 0 saturated heterocycles. The molecular weight excluding hydrogens is 366 g/mol. The summed E-state index contributed by atoms with van der Waals surface area (Å²) in [5.41, 5.74) is 1.67. The third kappa shape index (κ3) is 5.54. The number of ether oxygens (including phenoxy) is 1. The normalized spacial score (nSPS) is 16.5. The fourth-order valence-electron chi connectivity index (χ4n) is 3.42. The van der Waals surface area contributed by atoms with Crippen LogP contribution >= 0.6 is 11.3 Å². The van der Waals surface area contributed by atoms with Crippen LogP contribution in [0.25, 0.3) is 0 Å². The summed E-state index contributed by atoms with van der Waals surface area (Å²) in [4.78, 5) is 36.5. The van der Waals surface area contributed by atoms with Crippen molar-refractivity contribution in [1.29, 1.82) is 0 Å². The van der Waals surface area contributed by atoms with E-state index in [0.717, 1.165) is 29.7 Å². The van der Waals surface area contributed by atoms with Crippen molar-refractivity contribution in [2.75, 3.05) is 11.9 Å². The molecule has 0 spiro atoms. The van der Waals surface area contributed by atoms with Crippen LogP contribution in [0.2, 0.25) is 0 Å². The molecule has 1 aliphatic carbocycles. The van der Waals surface area contributed by atoms with Crippen LogP contribution in [0.4, 0.5) is 5.00 Å². The SMILES string of the molecule is CCOC(=O)c1c(NC(=O)CCCC(=O)O)sc2c1CC[C@H](C(C)(C)C)C2. The molecule has 0 saturated carbocycles. The van der Waals surface area contributed by atoms with Crippen LogP contribution < -0.4 is 5.32 Å². The van der Waals surface area contributed by atoms with Crippen molar-refractivity contribution in [3.63, 3.8) is 0 Å². The predicted octanol–water partition coefficient (Wildman–Crippen LogP) is 4.27. The number of carbonyl (C=O) groups is 3. The number of carbonyl (C=O) groups excluding carboxylic acids is 2. The van der Waals surface area contributed by atoms with E-state index in [1.54, 1.807) is 6.92 Å². The summed E-state index contributed by atoms with van der Waals surface area (Å²) in [5, 5.41) is 12.1. The maximum absolute atomic E-state index is 12.5. The van der Waals surface area contributed by atoms with Gasteiger partial charge in [0.25, 0.3) is 0 Å². The number of aliphatic carboxylic acids is 1. The number of anilines is 1. The molecule has 1 heterocycles. The van der Waals surface area contributed by atoms with Crippen molar-refractivity contribution in [1.82, 2.24) is 0 Å². The molecule has 0 aromatic carbocycles. The zero-order chi connectivity index (χ0) is 20.2. The molecule has 1 atom stereocenters. The number of carboxylic acids is 1. The lowest BCUT2D eigenvalue weighted by atomic mass is 9.72. The molecule has 0 fully saturated rings. The molecule has 2 rings (SSSR count). The summed E-state index contributed by atoms with van der Waals surface area (Å²) in [5.74, 6) is -1.06. The van der Waals surface area contributed by atoms with Crippen molar-refractivity contribution < 1.29 is 24.2 Å². The van der Waals surface area contributed by atoms with Crippen LogP contribution in [0, 0.1) is 11.3 Å². The summed E-state index contributed by atoms with van der Waals surface area (Å²) in [7, 11) is 0. The molecule has 6 nitrogen and oxygen atoms in total. The second-order valence-electron chi connectivity index (χ2n) is 8.03. The van der Waals surface area contributed by atoms with Gasteiger partial charge in [0.05, 0.1) is 12.2 Å². The molecule has 1 aromatic heterocycles. The highest BCUT2D eigenvalue weighted by Crippen LogP contribution is 2.44. The van der Waals surface area contributed by atoms with Crippen molar-refractivity contribution in [3.8, 4) is 0 Å². The molecule has 27 heavy (non-hydrogen) atoms. The Morgan fingerprint density at radius 1 is 1.26 bits per heavy atom. The van der Waals surface area contributed by atoms with E-state index in [1.807, 2.05) is 0 Å². The highest BCUT2D eigenvalue weighted by atomic mass is 32.1. The molecule has 1 amide bonds. The van der Waals surface area contributed by atoms with Crippen molar-refractivity contribution >= 4 is 34.2 Å². The minimum absolute atomic E-state index is 0.0492. The Morgan fingerprint density at radius 3 is 2.56 bits per heavy atom. The van der Waals surface area contributed by atoms with E-state index >= 15 is 0 Å². The van der Waals surface area contributed by atoms with Crippen LogP contribution in [-0.4, -0.2) is 29.6 Å². The van der Waals surface area contributed by atoms with Gasteiger partial charge in [-0.2, -0.15) is 0 Å². The fraction of sp³-hybridized carbons (Fsp3) is 0.650. The Labute approximate surface area is 164 Å². The van der Waals surface area contributed by atoms with Crippen LogP contribution in [0.5, 0.6) is 0 Å². The first-order chi connectivity index (χ1) is 12.6. The summed E-state index contributed by atoms with van der Waals surface area (Å²) in [6, 6.07) is 0. The number of hydrogen-bond acceptors (Lipinski definition) is 5. The van der Waals surface area contributed by atoms with Gasteiger partial charge >= 0.3 is 11.9 Å². The van der Waals surface area contributed by atoms with Gasteiger partial charge in [0.15, 0.2) is 0 Å². The molecule has 0 bridgehead atoms. The predicted molar refractivity (Wildman–Crippen MR) is 105 cm³/mol. The smallest absolute Gasteiger partial charge is 0.341 e. The minimum Gasteiger partial charge on any atom is -0.481 e. The summed E-state index contributed by atoms with van der Waals surface area (Å²) in [6.07, 6.45) is 3.04. The minimum atomic E-state index is -0.921. The number of hydrogen-bond donors (Lipinski definition) is 2. The standard InChI is InChI=1S/C20H29NO5S/c1-5-26-19(25)17-13-10-9-12(20(2,3)4)11-14(13)27-18(17)21-15(22)7-6-8-16(23)24/h12H,5-11H2,1-4H3,(H,21,22)(H,23,24)/t12-/m0/s1. The molecule has 1 aromatic rings. The van der Waals surface area contributed by atoms with Gasteiger partial charge < -0.3 is 15.2 Å². The van der Waals surface area contributed by atoms with Crippen LogP contribution in [0.3, 0.4) is 0 Å². The van der Waals surface area contributed by atoms with Crippen LogP contribution in [0.1, 0.15) is 74.2 Å². The van der Waals surface area contributed by atoms with Gasteiger partial charge in [-0.1, -0.05) is 20.8 Å². The molecule has 7 heteroatoms. The number of fused-ring (bicyclic) bond motifs is 1. The first-order valence-electron chi connectivity index (χ1n) is 9.46. The Balaban J connectivity index is 2.23. The van der Waals surface area contributed by atoms with E-state index in [2.05, 4.69) is 26.1 Å². The van der Waals surface area contributed by atoms with Gasteiger partial charge in [-0.15, -0.1) is 11.3 Å². The van der Waals surface area contributed by atoms with Crippen molar-refractivity contribution in [2.45, 2.75) is 66.2 Å². The number of rotatable bonds is 7. The molecule has 0 aliphatic heterocycles.